The van der Waals surface area contributed by atoms with Crippen molar-refractivity contribution in [3.8, 4) is 0 Å². The molecule has 4 nitrogen and oxygen atoms in total. The van der Waals surface area contributed by atoms with Crippen molar-refractivity contribution in [1.82, 2.24) is 14.5 Å². The predicted molar refractivity (Wildman–Crippen MR) is 96.8 cm³/mol. The van der Waals surface area contributed by atoms with E-state index in [0.29, 0.717) is 0 Å². The third-order valence-electron chi connectivity index (χ3n) is 4.15. The molecular weight excluding hydrogens is 284 g/mol. The highest BCUT2D eigenvalue weighted by molar-refractivity contribution is 5.75. The van der Waals surface area contributed by atoms with Crippen LogP contribution in [0.15, 0.2) is 54.6 Å². The fraction of sp³-hybridized carbons (Fsp3) is 0.316. The Balaban J connectivity index is 1.88. The van der Waals surface area contributed by atoms with E-state index >= 15 is 0 Å². The number of nitrogens with zero attached hydrogens (tertiary/aromatic N) is 4. The van der Waals surface area contributed by atoms with Gasteiger partial charge < -0.3 is 14.4 Å². The lowest BCUT2D eigenvalue weighted by molar-refractivity contribution is 0.411. The van der Waals surface area contributed by atoms with E-state index in [4.69, 9.17) is 4.98 Å². The third-order valence-corrected chi connectivity index (χ3v) is 4.15. The normalized spacial score (nSPS) is 11.3. The Hall–Kier alpha value is -2.33. The number of imidazole rings is 1. The quantitative estimate of drug-likeness (QED) is 0.699. The summed E-state index contributed by atoms with van der Waals surface area (Å²) in [5.74, 6) is 1.09. The van der Waals surface area contributed by atoms with Crippen molar-refractivity contribution in [3.05, 3.63) is 60.4 Å². The largest absolute Gasteiger partial charge is 0.363 e. The molecule has 0 saturated heterocycles. The van der Waals surface area contributed by atoms with Crippen LogP contribution in [0.4, 0.5) is 5.69 Å². The van der Waals surface area contributed by atoms with Crippen molar-refractivity contribution < 1.29 is 0 Å². The van der Waals surface area contributed by atoms with Crippen LogP contribution in [0.5, 0.6) is 0 Å². The molecule has 1 aromatic heterocycles. The predicted octanol–water partition coefficient (Wildman–Crippen LogP) is 3.14. The average Bonchev–Trinajstić information content (AvgIpc) is 2.88. The summed E-state index contributed by atoms with van der Waals surface area (Å²) in [5, 5.41) is 0. The summed E-state index contributed by atoms with van der Waals surface area (Å²) in [6.07, 6.45) is 0. The van der Waals surface area contributed by atoms with Gasteiger partial charge in [0.25, 0.3) is 0 Å². The van der Waals surface area contributed by atoms with Gasteiger partial charge >= 0.3 is 0 Å². The Labute approximate surface area is 138 Å². The third kappa shape index (κ3) is 3.54. The van der Waals surface area contributed by atoms with Crippen LogP contribution in [-0.4, -0.2) is 41.6 Å². The molecule has 0 aliphatic rings. The molecule has 0 unspecified atom stereocenters. The first-order chi connectivity index (χ1) is 11.1. The van der Waals surface area contributed by atoms with Crippen molar-refractivity contribution in [1.29, 1.82) is 0 Å². The SMILES string of the molecule is CN(C)CCN(Cc1nc2ccccc2n1C)c1ccccc1. The number of anilines is 1. The average molecular weight is 308 g/mol. The van der Waals surface area contributed by atoms with E-state index in [1.54, 1.807) is 0 Å². The van der Waals surface area contributed by atoms with Gasteiger partial charge in [0.2, 0.25) is 0 Å². The number of fused-ring (bicyclic) bond motifs is 1. The minimum absolute atomic E-state index is 0.809. The maximum atomic E-state index is 4.81. The molecule has 0 spiro atoms. The van der Waals surface area contributed by atoms with E-state index in [0.717, 1.165) is 31.0 Å². The molecule has 0 aliphatic carbocycles. The first-order valence-electron chi connectivity index (χ1n) is 8.00. The van der Waals surface area contributed by atoms with Gasteiger partial charge in [0.05, 0.1) is 17.6 Å². The lowest BCUT2D eigenvalue weighted by atomic mass is 10.2. The van der Waals surface area contributed by atoms with Crippen molar-refractivity contribution in [2.45, 2.75) is 6.54 Å². The highest BCUT2D eigenvalue weighted by Crippen LogP contribution is 2.19. The Kier molecular flexibility index (Phi) is 4.63. The van der Waals surface area contributed by atoms with Crippen LogP contribution in [0.1, 0.15) is 5.82 Å². The molecule has 2 aromatic carbocycles. The molecular formula is C19H24N4. The first-order valence-corrected chi connectivity index (χ1v) is 8.00. The van der Waals surface area contributed by atoms with Gasteiger partial charge in [0.15, 0.2) is 0 Å². The first kappa shape index (κ1) is 15.6. The summed E-state index contributed by atoms with van der Waals surface area (Å²) in [7, 11) is 6.32. The van der Waals surface area contributed by atoms with Gasteiger partial charge in [-0.15, -0.1) is 0 Å². The van der Waals surface area contributed by atoms with Crippen LogP contribution in [0.25, 0.3) is 11.0 Å². The molecule has 3 rings (SSSR count). The lowest BCUT2D eigenvalue weighted by Crippen LogP contribution is -2.32. The zero-order valence-corrected chi connectivity index (χ0v) is 14.1. The number of benzene rings is 2. The maximum Gasteiger partial charge on any atom is 0.129 e. The molecule has 1 heterocycles. The molecule has 0 atom stereocenters. The molecule has 120 valence electrons. The molecule has 0 fully saturated rings. The van der Waals surface area contributed by atoms with E-state index in [-0.39, 0.29) is 0 Å². The van der Waals surface area contributed by atoms with Gasteiger partial charge in [-0.1, -0.05) is 30.3 Å². The molecule has 3 aromatic rings. The molecule has 0 N–H and O–H groups in total. The second-order valence-electron chi connectivity index (χ2n) is 6.14. The number of rotatable bonds is 6. The number of para-hydroxylation sites is 3. The van der Waals surface area contributed by atoms with Crippen LogP contribution in [0, 0.1) is 0 Å². The number of aryl methyl sites for hydroxylation is 1. The van der Waals surface area contributed by atoms with E-state index in [9.17, 15) is 0 Å². The van der Waals surface area contributed by atoms with Crippen LogP contribution < -0.4 is 4.90 Å². The summed E-state index contributed by atoms with van der Waals surface area (Å²) in [6, 6.07) is 18.9. The Morgan fingerprint density at radius 1 is 0.913 bits per heavy atom. The van der Waals surface area contributed by atoms with E-state index in [1.807, 2.05) is 6.07 Å². The van der Waals surface area contributed by atoms with Crippen molar-refractivity contribution in [2.24, 2.45) is 7.05 Å². The van der Waals surface area contributed by atoms with Crippen LogP contribution >= 0.6 is 0 Å². The second-order valence-corrected chi connectivity index (χ2v) is 6.14. The Bertz CT molecular complexity index is 761. The van der Waals surface area contributed by atoms with Crippen molar-refractivity contribution in [3.63, 3.8) is 0 Å². The van der Waals surface area contributed by atoms with Gasteiger partial charge in [-0.2, -0.15) is 0 Å². The standard InChI is InChI=1S/C19H24N4/c1-21(2)13-14-23(16-9-5-4-6-10-16)15-19-20-17-11-7-8-12-18(17)22(19)3/h4-12H,13-15H2,1-3H3. The van der Waals surface area contributed by atoms with Gasteiger partial charge in [-0.3, -0.25) is 0 Å². The molecule has 0 bridgehead atoms. The molecule has 0 aliphatic heterocycles. The molecule has 0 amide bonds. The molecule has 0 radical (unpaired) electrons. The van der Waals surface area contributed by atoms with E-state index < -0.39 is 0 Å². The summed E-state index contributed by atoms with van der Waals surface area (Å²) in [6.45, 7) is 2.79. The minimum atomic E-state index is 0.809. The highest BCUT2D eigenvalue weighted by Gasteiger charge is 2.13. The lowest BCUT2D eigenvalue weighted by Gasteiger charge is -2.26. The second kappa shape index (κ2) is 6.84. The number of hydrogen-bond donors (Lipinski definition) is 0. The topological polar surface area (TPSA) is 24.3 Å². The zero-order chi connectivity index (χ0) is 16.2. The maximum absolute atomic E-state index is 4.81. The van der Waals surface area contributed by atoms with Gasteiger partial charge in [0, 0.05) is 25.8 Å². The minimum Gasteiger partial charge on any atom is -0.363 e. The van der Waals surface area contributed by atoms with Crippen LogP contribution in [-0.2, 0) is 13.6 Å². The van der Waals surface area contributed by atoms with Gasteiger partial charge in [0.1, 0.15) is 5.82 Å². The van der Waals surface area contributed by atoms with E-state index in [1.165, 1.54) is 11.2 Å². The molecule has 4 heteroatoms. The fourth-order valence-corrected chi connectivity index (χ4v) is 2.77. The van der Waals surface area contributed by atoms with Crippen LogP contribution in [0.3, 0.4) is 0 Å². The van der Waals surface area contributed by atoms with Crippen molar-refractivity contribution >= 4 is 16.7 Å². The molecule has 23 heavy (non-hydrogen) atoms. The monoisotopic (exact) mass is 308 g/mol. The van der Waals surface area contributed by atoms with E-state index in [2.05, 4.69) is 84.0 Å². The smallest absolute Gasteiger partial charge is 0.129 e. The van der Waals surface area contributed by atoms with Crippen LogP contribution in [0.2, 0.25) is 0 Å². The summed E-state index contributed by atoms with van der Waals surface area (Å²) in [5.41, 5.74) is 3.48. The summed E-state index contributed by atoms with van der Waals surface area (Å²) in [4.78, 5) is 9.42. The number of aromatic nitrogens is 2. The summed E-state index contributed by atoms with van der Waals surface area (Å²) < 4.78 is 2.20. The Morgan fingerprint density at radius 2 is 1.61 bits per heavy atom. The van der Waals surface area contributed by atoms with Crippen molar-refractivity contribution in [2.75, 3.05) is 32.1 Å². The Morgan fingerprint density at radius 3 is 2.30 bits per heavy atom. The zero-order valence-electron chi connectivity index (χ0n) is 14.1. The highest BCUT2D eigenvalue weighted by atomic mass is 15.2. The number of hydrogen-bond acceptors (Lipinski definition) is 3. The summed E-state index contributed by atoms with van der Waals surface area (Å²) >= 11 is 0. The molecule has 0 saturated carbocycles. The van der Waals surface area contributed by atoms with Gasteiger partial charge in [-0.25, -0.2) is 4.98 Å². The number of likely N-dealkylation sites (N-methyl/N-ethyl adjacent to an activating group) is 1. The van der Waals surface area contributed by atoms with Gasteiger partial charge in [-0.05, 0) is 38.4 Å². The fourth-order valence-electron chi connectivity index (χ4n) is 2.77.